The maximum Gasteiger partial charge on any atom is 0.348 e. The lowest BCUT2D eigenvalue weighted by atomic mass is 10.0. The molecule has 2 aromatic carbocycles. The number of carbonyl (C=O) groups excluding carboxylic acids is 1. The van der Waals surface area contributed by atoms with Gasteiger partial charge in [-0.05, 0) is 29.9 Å². The number of hydrogen-bond donors (Lipinski definition) is 1. The van der Waals surface area contributed by atoms with Gasteiger partial charge in [-0.1, -0.05) is 81.4 Å². The van der Waals surface area contributed by atoms with Crippen LogP contribution in [0, 0.1) is 5.92 Å². The highest BCUT2D eigenvalue weighted by Gasteiger charge is 2.38. The number of ether oxygens (including phenoxy) is 1. The Bertz CT molecular complexity index is 781. The molecule has 0 radical (unpaired) electrons. The van der Waals surface area contributed by atoms with Gasteiger partial charge < -0.3 is 13.8 Å². The number of hydrogen-bond acceptors (Lipinski definition) is 6. The van der Waals surface area contributed by atoms with Gasteiger partial charge >= 0.3 is 13.6 Å². The molecule has 0 fully saturated rings. The molecule has 0 saturated carbocycles. The van der Waals surface area contributed by atoms with Crippen LogP contribution in [0.25, 0.3) is 0 Å². The standard InChI is InChI=1S/C24H34NO5P/c1-5-23(25-22(16-19(2)3)24(26)28-4)31(27,29-17-20-12-8-6-9-13-20)30-18-21-14-10-7-11-15-21/h6-15,19,22-23,25H,5,16-18H2,1-4H3/t22-,23+/m0/s1. The van der Waals surface area contributed by atoms with Crippen molar-refractivity contribution in [3.8, 4) is 0 Å². The Morgan fingerprint density at radius 1 is 0.935 bits per heavy atom. The monoisotopic (exact) mass is 447 g/mol. The molecular formula is C24H34NO5P. The van der Waals surface area contributed by atoms with Crippen LogP contribution in [0.3, 0.4) is 0 Å². The SMILES string of the molecule is CC[C@H](N[C@@H](CC(C)C)C(=O)OC)P(=O)(OCc1ccccc1)OCc1ccccc1. The van der Waals surface area contributed by atoms with Gasteiger partial charge in [0.15, 0.2) is 0 Å². The molecule has 0 aliphatic rings. The summed E-state index contributed by atoms with van der Waals surface area (Å²) in [5.74, 6) is -0.781. The van der Waals surface area contributed by atoms with Crippen molar-refractivity contribution >= 4 is 13.6 Å². The Kier molecular flexibility index (Phi) is 10.4. The molecule has 2 aromatic rings. The summed E-state index contributed by atoms with van der Waals surface area (Å²) in [4.78, 5) is 12.3. The predicted molar refractivity (Wildman–Crippen MR) is 123 cm³/mol. The summed E-state index contributed by atoms with van der Waals surface area (Å²) in [6.07, 6.45) is 1.02. The molecule has 0 saturated heterocycles. The van der Waals surface area contributed by atoms with E-state index in [0.29, 0.717) is 12.8 Å². The van der Waals surface area contributed by atoms with E-state index >= 15 is 0 Å². The second-order valence-electron chi connectivity index (χ2n) is 7.85. The van der Waals surface area contributed by atoms with E-state index in [1.54, 1.807) is 0 Å². The van der Waals surface area contributed by atoms with Gasteiger partial charge in [0.2, 0.25) is 0 Å². The summed E-state index contributed by atoms with van der Waals surface area (Å²) in [6, 6.07) is 18.5. The lowest BCUT2D eigenvalue weighted by Gasteiger charge is -2.30. The van der Waals surface area contributed by atoms with E-state index in [0.717, 1.165) is 11.1 Å². The molecule has 0 amide bonds. The lowest BCUT2D eigenvalue weighted by Crippen LogP contribution is -2.44. The molecule has 2 rings (SSSR count). The molecular weight excluding hydrogens is 413 g/mol. The van der Waals surface area contributed by atoms with Gasteiger partial charge in [0.25, 0.3) is 0 Å². The third-order valence-corrected chi connectivity index (χ3v) is 7.12. The Balaban J connectivity index is 2.23. The van der Waals surface area contributed by atoms with Crippen molar-refractivity contribution in [2.24, 2.45) is 5.92 Å². The van der Waals surface area contributed by atoms with E-state index in [-0.39, 0.29) is 25.1 Å². The van der Waals surface area contributed by atoms with Gasteiger partial charge in [0, 0.05) is 0 Å². The number of nitrogens with one attached hydrogen (secondary N) is 1. The number of benzene rings is 2. The van der Waals surface area contributed by atoms with Gasteiger partial charge in [-0.3, -0.25) is 14.7 Å². The fraction of sp³-hybridized carbons (Fsp3) is 0.458. The molecule has 0 aliphatic heterocycles. The van der Waals surface area contributed by atoms with E-state index < -0.39 is 19.4 Å². The number of rotatable bonds is 13. The second kappa shape index (κ2) is 12.8. The third kappa shape index (κ3) is 8.23. The van der Waals surface area contributed by atoms with Gasteiger partial charge in [-0.15, -0.1) is 0 Å². The fourth-order valence-electron chi connectivity index (χ4n) is 3.21. The average molecular weight is 448 g/mol. The summed E-state index contributed by atoms with van der Waals surface area (Å²) < 4.78 is 30.8. The molecule has 1 N–H and O–H groups in total. The minimum atomic E-state index is -3.63. The van der Waals surface area contributed by atoms with E-state index in [1.807, 2.05) is 81.4 Å². The second-order valence-corrected chi connectivity index (χ2v) is 10.1. The average Bonchev–Trinajstić information content (AvgIpc) is 2.79. The van der Waals surface area contributed by atoms with Crippen LogP contribution in [0.4, 0.5) is 0 Å². The third-order valence-electron chi connectivity index (χ3n) is 4.86. The quantitative estimate of drug-likeness (QED) is 0.322. The first-order valence-corrected chi connectivity index (χ1v) is 12.3. The maximum atomic E-state index is 14.0. The number of esters is 1. The molecule has 0 aliphatic carbocycles. The van der Waals surface area contributed by atoms with E-state index in [4.69, 9.17) is 13.8 Å². The lowest BCUT2D eigenvalue weighted by molar-refractivity contribution is -0.143. The van der Waals surface area contributed by atoms with Crippen molar-refractivity contribution in [3.05, 3.63) is 71.8 Å². The van der Waals surface area contributed by atoms with Crippen LogP contribution in [-0.2, 0) is 36.4 Å². The minimum Gasteiger partial charge on any atom is -0.468 e. The predicted octanol–water partition coefficient (Wildman–Crippen LogP) is 5.53. The van der Waals surface area contributed by atoms with E-state index in [2.05, 4.69) is 5.32 Å². The van der Waals surface area contributed by atoms with E-state index in [9.17, 15) is 9.36 Å². The summed E-state index contributed by atoms with van der Waals surface area (Å²) in [5.41, 5.74) is 1.79. The summed E-state index contributed by atoms with van der Waals surface area (Å²) in [5, 5.41) is 3.21. The first-order chi connectivity index (χ1) is 14.9. The Morgan fingerprint density at radius 2 is 1.42 bits per heavy atom. The van der Waals surface area contributed by atoms with Crippen LogP contribution >= 0.6 is 7.60 Å². The number of methoxy groups -OCH3 is 1. The first kappa shape index (κ1) is 25.3. The maximum absolute atomic E-state index is 14.0. The number of carbonyl (C=O) groups is 1. The summed E-state index contributed by atoms with van der Waals surface area (Å²) >= 11 is 0. The van der Waals surface area contributed by atoms with Crippen LogP contribution in [0.2, 0.25) is 0 Å². The van der Waals surface area contributed by atoms with Crippen molar-refractivity contribution in [2.45, 2.75) is 58.7 Å². The molecule has 7 heteroatoms. The zero-order valence-electron chi connectivity index (χ0n) is 18.8. The molecule has 170 valence electrons. The van der Waals surface area contributed by atoms with Crippen molar-refractivity contribution in [1.29, 1.82) is 0 Å². The van der Waals surface area contributed by atoms with Crippen LogP contribution in [0.5, 0.6) is 0 Å². The Hall–Kier alpha value is -1.98. The van der Waals surface area contributed by atoms with Crippen LogP contribution in [0.15, 0.2) is 60.7 Å². The highest BCUT2D eigenvalue weighted by molar-refractivity contribution is 7.54. The molecule has 0 spiro atoms. The van der Waals surface area contributed by atoms with E-state index in [1.165, 1.54) is 7.11 Å². The molecule has 2 atom stereocenters. The van der Waals surface area contributed by atoms with Crippen molar-refractivity contribution in [2.75, 3.05) is 7.11 Å². The van der Waals surface area contributed by atoms with Crippen LogP contribution in [0.1, 0.15) is 44.7 Å². The van der Waals surface area contributed by atoms with Crippen LogP contribution < -0.4 is 5.32 Å². The fourth-order valence-corrected chi connectivity index (χ4v) is 5.11. The molecule has 0 aromatic heterocycles. The molecule has 6 nitrogen and oxygen atoms in total. The van der Waals surface area contributed by atoms with Crippen LogP contribution in [-0.4, -0.2) is 24.9 Å². The van der Waals surface area contributed by atoms with Gasteiger partial charge in [0.1, 0.15) is 11.8 Å². The zero-order chi connectivity index (χ0) is 22.7. The van der Waals surface area contributed by atoms with Gasteiger partial charge in [-0.25, -0.2) is 0 Å². The Morgan fingerprint density at radius 3 is 1.81 bits per heavy atom. The van der Waals surface area contributed by atoms with Crippen molar-refractivity contribution in [1.82, 2.24) is 5.32 Å². The molecule has 0 bridgehead atoms. The smallest absolute Gasteiger partial charge is 0.348 e. The minimum absolute atomic E-state index is 0.151. The van der Waals surface area contributed by atoms with Gasteiger partial charge in [-0.2, -0.15) is 0 Å². The van der Waals surface area contributed by atoms with Crippen molar-refractivity contribution < 1.29 is 23.1 Å². The van der Waals surface area contributed by atoms with Gasteiger partial charge in [0.05, 0.1) is 20.3 Å². The highest BCUT2D eigenvalue weighted by atomic mass is 31.2. The molecule has 31 heavy (non-hydrogen) atoms. The normalized spacial score (nSPS) is 13.7. The summed E-state index contributed by atoms with van der Waals surface area (Å²) in [7, 11) is -2.27. The zero-order valence-corrected chi connectivity index (χ0v) is 19.7. The largest absolute Gasteiger partial charge is 0.468 e. The topological polar surface area (TPSA) is 73.9 Å². The summed E-state index contributed by atoms with van der Waals surface area (Å²) in [6.45, 7) is 6.24. The Labute approximate surface area is 185 Å². The molecule has 0 unspecified atom stereocenters. The first-order valence-electron chi connectivity index (χ1n) is 10.7. The van der Waals surface area contributed by atoms with Crippen molar-refractivity contribution in [3.63, 3.8) is 0 Å². The molecule has 0 heterocycles. The highest BCUT2D eigenvalue weighted by Crippen LogP contribution is 2.54.